The maximum absolute atomic E-state index is 9.90. The lowest BCUT2D eigenvalue weighted by Crippen LogP contribution is -2.09. The fraction of sp³-hybridized carbons (Fsp3) is 0.400. The highest BCUT2D eigenvalue weighted by molar-refractivity contribution is 5.85. The van der Waals surface area contributed by atoms with Gasteiger partial charge in [0, 0.05) is 0 Å². The second-order valence-electron chi connectivity index (χ2n) is 1.37. The van der Waals surface area contributed by atoms with Crippen LogP contribution >= 0.6 is 0 Å². The molecule has 0 bridgehead atoms. The zero-order chi connectivity index (χ0) is 6.57. The average molecular weight is 115 g/mol. The zero-order valence-electron chi connectivity index (χ0n) is 4.72. The molecule has 0 saturated heterocycles. The van der Waals surface area contributed by atoms with Crippen molar-refractivity contribution in [2.75, 3.05) is 0 Å². The molecule has 0 unspecified atom stereocenters. The fourth-order valence-corrected chi connectivity index (χ4v) is 0.307. The van der Waals surface area contributed by atoms with Gasteiger partial charge in [0.05, 0.1) is 0 Å². The molecule has 0 aliphatic rings. The van der Waals surface area contributed by atoms with Crippen LogP contribution in [-0.2, 0) is 4.79 Å². The van der Waals surface area contributed by atoms with E-state index in [1.165, 1.54) is 6.08 Å². The Kier molecular flexibility index (Phi) is 2.69. The van der Waals surface area contributed by atoms with Gasteiger partial charge in [-0.05, 0) is 6.42 Å². The maximum atomic E-state index is 9.90. The van der Waals surface area contributed by atoms with E-state index in [0.29, 0.717) is 6.42 Å². The van der Waals surface area contributed by atoms with E-state index in [4.69, 9.17) is 10.8 Å². The molecule has 8 heavy (non-hydrogen) atoms. The molecule has 3 nitrogen and oxygen atoms in total. The van der Waals surface area contributed by atoms with E-state index in [9.17, 15) is 4.79 Å². The number of hydrogen-bond donors (Lipinski definition) is 2. The van der Waals surface area contributed by atoms with Crippen molar-refractivity contribution in [1.82, 2.24) is 0 Å². The summed E-state index contributed by atoms with van der Waals surface area (Å²) in [7, 11) is 0. The van der Waals surface area contributed by atoms with Crippen LogP contribution in [-0.4, -0.2) is 11.1 Å². The van der Waals surface area contributed by atoms with Crippen LogP contribution in [0, 0.1) is 0 Å². The number of nitrogens with two attached hydrogens (primary N) is 1. The van der Waals surface area contributed by atoms with Gasteiger partial charge < -0.3 is 10.8 Å². The predicted molar refractivity (Wildman–Crippen MR) is 30.2 cm³/mol. The van der Waals surface area contributed by atoms with E-state index in [-0.39, 0.29) is 5.70 Å². The van der Waals surface area contributed by atoms with Gasteiger partial charge in [0.15, 0.2) is 0 Å². The third-order valence-electron chi connectivity index (χ3n) is 0.671. The summed E-state index contributed by atoms with van der Waals surface area (Å²) < 4.78 is 0. The lowest BCUT2D eigenvalue weighted by Gasteiger charge is -1.87. The van der Waals surface area contributed by atoms with Crippen molar-refractivity contribution in [2.45, 2.75) is 13.3 Å². The van der Waals surface area contributed by atoms with E-state index in [1.807, 2.05) is 6.92 Å². The van der Waals surface area contributed by atoms with Crippen molar-refractivity contribution in [1.29, 1.82) is 0 Å². The molecule has 0 aromatic heterocycles. The largest absolute Gasteiger partial charge is 0.477 e. The minimum absolute atomic E-state index is 0.0764. The number of rotatable bonds is 2. The number of hydrogen-bond acceptors (Lipinski definition) is 2. The van der Waals surface area contributed by atoms with Crippen LogP contribution in [0.4, 0.5) is 0 Å². The summed E-state index contributed by atoms with van der Waals surface area (Å²) in [5.41, 5.74) is 4.91. The molecule has 0 aromatic carbocycles. The summed E-state index contributed by atoms with van der Waals surface area (Å²) in [4.78, 5) is 9.90. The van der Waals surface area contributed by atoms with Gasteiger partial charge in [-0.25, -0.2) is 4.79 Å². The standard InChI is InChI=1S/C5H9NO2/c1-2-3-4(6)5(7)8/h3H,2,6H2,1H3,(H,7,8)/b4-3+. The summed E-state index contributed by atoms with van der Waals surface area (Å²) in [6, 6.07) is 0. The van der Waals surface area contributed by atoms with Crippen LogP contribution in [0.2, 0.25) is 0 Å². The molecule has 0 aliphatic carbocycles. The Hall–Kier alpha value is -0.990. The molecule has 0 rings (SSSR count). The van der Waals surface area contributed by atoms with Crippen LogP contribution in [0.25, 0.3) is 0 Å². The first-order valence-electron chi connectivity index (χ1n) is 2.37. The Bertz CT molecular complexity index is 118. The summed E-state index contributed by atoms with van der Waals surface area (Å²) in [6.07, 6.45) is 2.13. The molecule has 0 fully saturated rings. The predicted octanol–water partition coefficient (Wildman–Crippen LogP) is 0.324. The molecule has 0 aliphatic heterocycles. The van der Waals surface area contributed by atoms with Crippen LogP contribution in [0.1, 0.15) is 13.3 Å². The molecule has 0 heterocycles. The smallest absolute Gasteiger partial charge is 0.351 e. The molecule has 0 atom stereocenters. The zero-order valence-corrected chi connectivity index (χ0v) is 4.72. The van der Waals surface area contributed by atoms with Gasteiger partial charge in [-0.15, -0.1) is 0 Å². The molecule has 0 saturated carbocycles. The lowest BCUT2D eigenvalue weighted by atomic mass is 10.3. The van der Waals surface area contributed by atoms with Crippen molar-refractivity contribution < 1.29 is 9.90 Å². The Morgan fingerprint density at radius 1 is 1.88 bits per heavy atom. The van der Waals surface area contributed by atoms with E-state index < -0.39 is 5.97 Å². The van der Waals surface area contributed by atoms with E-state index >= 15 is 0 Å². The van der Waals surface area contributed by atoms with Crippen molar-refractivity contribution in [3.63, 3.8) is 0 Å². The van der Waals surface area contributed by atoms with Crippen LogP contribution in [0.3, 0.4) is 0 Å². The Morgan fingerprint density at radius 2 is 2.38 bits per heavy atom. The van der Waals surface area contributed by atoms with Gasteiger partial charge in [-0.2, -0.15) is 0 Å². The van der Waals surface area contributed by atoms with E-state index in [2.05, 4.69) is 0 Å². The summed E-state index contributed by atoms with van der Waals surface area (Å²) in [6.45, 7) is 1.83. The van der Waals surface area contributed by atoms with Gasteiger partial charge in [0.25, 0.3) is 0 Å². The number of allylic oxidation sites excluding steroid dienone is 1. The maximum Gasteiger partial charge on any atom is 0.351 e. The van der Waals surface area contributed by atoms with Crippen molar-refractivity contribution in [3.8, 4) is 0 Å². The molecule has 3 heteroatoms. The Morgan fingerprint density at radius 3 is 2.50 bits per heavy atom. The van der Waals surface area contributed by atoms with Gasteiger partial charge in [0.2, 0.25) is 0 Å². The van der Waals surface area contributed by atoms with Gasteiger partial charge in [-0.3, -0.25) is 0 Å². The Balaban J connectivity index is 3.80. The topological polar surface area (TPSA) is 63.3 Å². The first kappa shape index (κ1) is 7.01. The van der Waals surface area contributed by atoms with Crippen molar-refractivity contribution in [3.05, 3.63) is 11.8 Å². The Labute approximate surface area is 47.8 Å². The summed E-state index contributed by atoms with van der Waals surface area (Å²) in [5, 5.41) is 8.12. The van der Waals surface area contributed by atoms with E-state index in [1.54, 1.807) is 0 Å². The second kappa shape index (κ2) is 3.07. The third-order valence-corrected chi connectivity index (χ3v) is 0.671. The highest BCUT2D eigenvalue weighted by Crippen LogP contribution is 1.85. The van der Waals surface area contributed by atoms with E-state index in [0.717, 1.165) is 0 Å². The molecule has 0 aromatic rings. The highest BCUT2D eigenvalue weighted by Gasteiger charge is 1.96. The average Bonchev–Trinajstić information content (AvgIpc) is 1.67. The summed E-state index contributed by atoms with van der Waals surface area (Å²) in [5.74, 6) is -1.05. The van der Waals surface area contributed by atoms with Gasteiger partial charge >= 0.3 is 5.97 Å². The lowest BCUT2D eigenvalue weighted by molar-refractivity contribution is -0.132. The molecule has 0 radical (unpaired) electrons. The van der Waals surface area contributed by atoms with Crippen LogP contribution in [0.15, 0.2) is 11.8 Å². The molecular weight excluding hydrogens is 106 g/mol. The first-order valence-corrected chi connectivity index (χ1v) is 2.37. The van der Waals surface area contributed by atoms with Crippen LogP contribution < -0.4 is 5.73 Å². The third kappa shape index (κ3) is 2.23. The second-order valence-corrected chi connectivity index (χ2v) is 1.37. The number of carbonyl (C=O) groups is 1. The van der Waals surface area contributed by atoms with Gasteiger partial charge in [0.1, 0.15) is 5.70 Å². The highest BCUT2D eigenvalue weighted by atomic mass is 16.4. The minimum atomic E-state index is -1.05. The number of aliphatic carboxylic acids is 1. The molecule has 0 spiro atoms. The van der Waals surface area contributed by atoms with Crippen molar-refractivity contribution >= 4 is 5.97 Å². The minimum Gasteiger partial charge on any atom is -0.477 e. The SMILES string of the molecule is CC/C=C(/N)C(=O)O. The first-order chi connectivity index (χ1) is 3.68. The van der Waals surface area contributed by atoms with Crippen LogP contribution in [0.5, 0.6) is 0 Å². The van der Waals surface area contributed by atoms with Gasteiger partial charge in [-0.1, -0.05) is 13.0 Å². The number of carboxylic acid groups (broad SMARTS) is 1. The number of carboxylic acids is 1. The fourth-order valence-electron chi connectivity index (χ4n) is 0.307. The summed E-state index contributed by atoms with van der Waals surface area (Å²) >= 11 is 0. The molecule has 3 N–H and O–H groups in total. The van der Waals surface area contributed by atoms with Crippen molar-refractivity contribution in [2.24, 2.45) is 5.73 Å². The molecular formula is C5H9NO2. The molecule has 0 amide bonds. The quantitative estimate of drug-likeness (QED) is 0.509. The molecule has 46 valence electrons. The normalized spacial score (nSPS) is 11.4. The monoisotopic (exact) mass is 115 g/mol.